The van der Waals surface area contributed by atoms with E-state index in [1.54, 1.807) is 0 Å². The van der Waals surface area contributed by atoms with Crippen molar-refractivity contribution >= 4 is 5.82 Å². The van der Waals surface area contributed by atoms with Crippen molar-refractivity contribution in [3.63, 3.8) is 0 Å². The molecule has 18 heavy (non-hydrogen) atoms. The van der Waals surface area contributed by atoms with Crippen LogP contribution in [0.5, 0.6) is 0 Å². The molecule has 0 saturated heterocycles. The third-order valence-corrected chi connectivity index (χ3v) is 2.82. The van der Waals surface area contributed by atoms with E-state index in [2.05, 4.69) is 17.2 Å². The quantitative estimate of drug-likeness (QED) is 0.444. The Hall–Kier alpha value is -1.46. The summed E-state index contributed by atoms with van der Waals surface area (Å²) >= 11 is 0. The predicted molar refractivity (Wildman–Crippen MR) is 69.5 cm³/mol. The Labute approximate surface area is 108 Å². The summed E-state index contributed by atoms with van der Waals surface area (Å²) in [6, 6.07) is 0. The fraction of sp³-hybridized carbons (Fsp3) is 0.833. The second kappa shape index (κ2) is 5.93. The van der Waals surface area contributed by atoms with Crippen molar-refractivity contribution < 1.29 is 4.92 Å². The minimum absolute atomic E-state index is 0.0407. The first kappa shape index (κ1) is 14.6. The van der Waals surface area contributed by atoms with Gasteiger partial charge < -0.3 is 10.1 Å². The monoisotopic (exact) mass is 254 g/mol. The molecule has 0 aromatic carbocycles. The Morgan fingerprint density at radius 2 is 1.94 bits per heavy atom. The largest absolute Gasteiger partial charge is 0.368 e. The number of aryl methyl sites for hydroxylation is 1. The van der Waals surface area contributed by atoms with Gasteiger partial charge in [-0.15, -0.1) is 9.78 Å². The van der Waals surface area contributed by atoms with E-state index in [0.717, 1.165) is 25.7 Å². The average Bonchev–Trinajstić information content (AvgIpc) is 2.67. The van der Waals surface area contributed by atoms with E-state index in [9.17, 15) is 10.1 Å². The minimum Gasteiger partial charge on any atom is -0.358 e. The standard InChI is InChI=1S/C12H22N4O2/c1-5-6-7-8-9-15-11(16(17)18)10(13-14-15)12(2,3)4/h5-9H2,1-4H3. The van der Waals surface area contributed by atoms with Crippen LogP contribution in [0.25, 0.3) is 0 Å². The first-order valence-corrected chi connectivity index (χ1v) is 6.46. The molecule has 0 aliphatic carbocycles. The normalized spacial score (nSPS) is 11.8. The van der Waals surface area contributed by atoms with E-state index >= 15 is 0 Å². The summed E-state index contributed by atoms with van der Waals surface area (Å²) in [4.78, 5) is 10.8. The average molecular weight is 254 g/mol. The molecule has 0 bridgehead atoms. The zero-order valence-corrected chi connectivity index (χ0v) is 11.6. The second-order valence-electron chi connectivity index (χ2n) is 5.55. The minimum atomic E-state index is -0.375. The van der Waals surface area contributed by atoms with Crippen LogP contribution in [0.4, 0.5) is 5.82 Å². The van der Waals surface area contributed by atoms with E-state index < -0.39 is 0 Å². The van der Waals surface area contributed by atoms with Gasteiger partial charge in [0.1, 0.15) is 6.54 Å². The molecule has 1 rings (SSSR count). The third kappa shape index (κ3) is 3.51. The highest BCUT2D eigenvalue weighted by Crippen LogP contribution is 2.28. The summed E-state index contributed by atoms with van der Waals surface area (Å²) in [6.07, 6.45) is 4.27. The van der Waals surface area contributed by atoms with Crippen LogP contribution < -0.4 is 0 Å². The zero-order chi connectivity index (χ0) is 13.8. The van der Waals surface area contributed by atoms with Crippen molar-refractivity contribution in [1.82, 2.24) is 15.0 Å². The Kier molecular flexibility index (Phi) is 4.81. The van der Waals surface area contributed by atoms with Gasteiger partial charge in [-0.1, -0.05) is 40.5 Å². The van der Waals surface area contributed by atoms with Crippen molar-refractivity contribution in [2.45, 2.75) is 65.3 Å². The first-order chi connectivity index (χ1) is 8.38. The van der Waals surface area contributed by atoms with Gasteiger partial charge in [0.05, 0.1) is 0 Å². The Morgan fingerprint density at radius 3 is 2.44 bits per heavy atom. The summed E-state index contributed by atoms with van der Waals surface area (Å²) in [5, 5.41) is 19.0. The van der Waals surface area contributed by atoms with Gasteiger partial charge in [0.2, 0.25) is 0 Å². The van der Waals surface area contributed by atoms with Crippen LogP contribution in [0.2, 0.25) is 0 Å². The lowest BCUT2D eigenvalue weighted by atomic mass is 9.92. The lowest BCUT2D eigenvalue weighted by Crippen LogP contribution is -2.15. The van der Waals surface area contributed by atoms with Crippen molar-refractivity contribution in [3.05, 3.63) is 15.8 Å². The molecule has 0 N–H and O–H groups in total. The third-order valence-electron chi connectivity index (χ3n) is 2.82. The van der Waals surface area contributed by atoms with Crippen LogP contribution in [-0.2, 0) is 12.0 Å². The molecule has 0 amide bonds. The van der Waals surface area contributed by atoms with Crippen molar-refractivity contribution in [1.29, 1.82) is 0 Å². The van der Waals surface area contributed by atoms with Gasteiger partial charge in [0, 0.05) is 10.6 Å². The highest BCUT2D eigenvalue weighted by atomic mass is 16.6. The Morgan fingerprint density at radius 1 is 1.28 bits per heavy atom. The van der Waals surface area contributed by atoms with Gasteiger partial charge in [-0.2, -0.15) is 0 Å². The van der Waals surface area contributed by atoms with Gasteiger partial charge in [-0.3, -0.25) is 0 Å². The molecular weight excluding hydrogens is 232 g/mol. The lowest BCUT2D eigenvalue weighted by Gasteiger charge is -2.13. The van der Waals surface area contributed by atoms with Crippen LogP contribution in [0.15, 0.2) is 0 Å². The molecule has 0 spiro atoms. The Bertz CT molecular complexity index is 407. The highest BCUT2D eigenvalue weighted by molar-refractivity contribution is 5.31. The van der Waals surface area contributed by atoms with Crippen LogP contribution in [0.1, 0.15) is 59.1 Å². The van der Waals surface area contributed by atoms with Gasteiger partial charge in [0.25, 0.3) is 0 Å². The second-order valence-corrected chi connectivity index (χ2v) is 5.55. The van der Waals surface area contributed by atoms with Gasteiger partial charge in [0.15, 0.2) is 5.69 Å². The molecule has 0 unspecified atom stereocenters. The van der Waals surface area contributed by atoms with Crippen molar-refractivity contribution in [2.75, 3.05) is 0 Å². The van der Waals surface area contributed by atoms with Crippen LogP contribution >= 0.6 is 0 Å². The SMILES string of the molecule is CCCCCCn1nnc(C(C)(C)C)c1[N+](=O)[O-]. The van der Waals surface area contributed by atoms with E-state index in [1.807, 2.05) is 20.8 Å². The summed E-state index contributed by atoms with van der Waals surface area (Å²) < 4.78 is 1.43. The topological polar surface area (TPSA) is 73.8 Å². The van der Waals surface area contributed by atoms with Crippen LogP contribution in [0.3, 0.4) is 0 Å². The van der Waals surface area contributed by atoms with Crippen molar-refractivity contribution in [2.24, 2.45) is 0 Å². The molecule has 0 saturated carbocycles. The number of aromatic nitrogens is 3. The maximum Gasteiger partial charge on any atom is 0.368 e. The molecule has 102 valence electrons. The molecular formula is C12H22N4O2. The summed E-state index contributed by atoms with van der Waals surface area (Å²) in [5.41, 5.74) is 0.104. The molecule has 6 heteroatoms. The molecule has 0 fully saturated rings. The molecule has 0 aliphatic heterocycles. The first-order valence-electron chi connectivity index (χ1n) is 6.46. The molecule has 0 radical (unpaired) electrons. The molecule has 1 aromatic heterocycles. The highest BCUT2D eigenvalue weighted by Gasteiger charge is 2.32. The number of nitro groups is 1. The maximum atomic E-state index is 11.1. The summed E-state index contributed by atoms with van der Waals surface area (Å²) in [6.45, 7) is 8.43. The maximum absolute atomic E-state index is 11.1. The van der Waals surface area contributed by atoms with Crippen LogP contribution in [-0.4, -0.2) is 19.9 Å². The summed E-state index contributed by atoms with van der Waals surface area (Å²) in [7, 11) is 0. The van der Waals surface area contributed by atoms with E-state index in [1.165, 1.54) is 4.68 Å². The molecule has 0 atom stereocenters. The van der Waals surface area contributed by atoms with Crippen LogP contribution in [0, 0.1) is 10.1 Å². The van der Waals surface area contributed by atoms with E-state index in [0.29, 0.717) is 12.2 Å². The zero-order valence-electron chi connectivity index (χ0n) is 11.6. The number of hydrogen-bond donors (Lipinski definition) is 0. The Balaban J connectivity index is 2.86. The molecule has 0 aliphatic rings. The van der Waals surface area contributed by atoms with Crippen molar-refractivity contribution in [3.8, 4) is 0 Å². The van der Waals surface area contributed by atoms with E-state index in [4.69, 9.17) is 0 Å². The molecule has 1 heterocycles. The smallest absolute Gasteiger partial charge is 0.358 e. The molecule has 6 nitrogen and oxygen atoms in total. The molecule has 1 aromatic rings. The van der Waals surface area contributed by atoms with Gasteiger partial charge >= 0.3 is 5.82 Å². The number of hydrogen-bond acceptors (Lipinski definition) is 4. The van der Waals surface area contributed by atoms with E-state index in [-0.39, 0.29) is 16.2 Å². The number of nitrogens with zero attached hydrogens (tertiary/aromatic N) is 4. The number of unbranched alkanes of at least 4 members (excludes halogenated alkanes) is 3. The summed E-state index contributed by atoms with van der Waals surface area (Å²) in [5.74, 6) is 0.0407. The lowest BCUT2D eigenvalue weighted by molar-refractivity contribution is -0.393. The fourth-order valence-electron chi connectivity index (χ4n) is 1.81. The van der Waals surface area contributed by atoms with Gasteiger partial charge in [-0.25, -0.2) is 0 Å². The van der Waals surface area contributed by atoms with Gasteiger partial charge in [-0.05, 0) is 17.8 Å². The number of rotatable bonds is 6. The fourth-order valence-corrected chi connectivity index (χ4v) is 1.81. The predicted octanol–water partition coefficient (Wildman–Crippen LogP) is 3.06.